The molecule has 1 aliphatic rings. The summed E-state index contributed by atoms with van der Waals surface area (Å²) in [6, 6.07) is 73.5. The Hall–Kier alpha value is -6.44. The van der Waals surface area contributed by atoms with Crippen molar-refractivity contribution in [2.24, 2.45) is 0 Å². The fraction of sp³-hybridized carbons (Fsp3) is 0.0204. The molecule has 0 radical (unpaired) electrons. The molecule has 0 aromatic heterocycles. The van der Waals surface area contributed by atoms with Crippen molar-refractivity contribution in [2.45, 2.75) is 5.41 Å². The molecule has 0 atom stereocenters. The summed E-state index contributed by atoms with van der Waals surface area (Å²) in [6.07, 6.45) is 0. The van der Waals surface area contributed by atoms with E-state index in [4.69, 9.17) is 0 Å². The molecule has 0 unspecified atom stereocenters. The van der Waals surface area contributed by atoms with E-state index >= 15 is 0 Å². The second kappa shape index (κ2) is 11.3. The molecule has 9 aromatic rings. The fourth-order valence-corrected chi connectivity index (χ4v) is 8.62. The third kappa shape index (κ3) is 4.14. The van der Waals surface area contributed by atoms with Gasteiger partial charge in [-0.2, -0.15) is 0 Å². The van der Waals surface area contributed by atoms with Crippen molar-refractivity contribution in [3.8, 4) is 11.1 Å². The molecular formula is C49H33N. The first-order chi connectivity index (χ1) is 24.8. The summed E-state index contributed by atoms with van der Waals surface area (Å²) in [5, 5.41) is 7.58. The van der Waals surface area contributed by atoms with Gasteiger partial charge >= 0.3 is 0 Å². The van der Waals surface area contributed by atoms with Crippen LogP contribution in [0.25, 0.3) is 43.4 Å². The number of anilines is 3. The summed E-state index contributed by atoms with van der Waals surface area (Å²) >= 11 is 0. The highest BCUT2D eigenvalue weighted by molar-refractivity contribution is 6.20. The number of rotatable bonds is 5. The molecular weight excluding hydrogens is 603 g/mol. The zero-order chi connectivity index (χ0) is 33.1. The molecule has 0 fully saturated rings. The van der Waals surface area contributed by atoms with Gasteiger partial charge < -0.3 is 4.90 Å². The lowest BCUT2D eigenvalue weighted by molar-refractivity contribution is 0.777. The quantitative estimate of drug-likeness (QED) is 0.170. The zero-order valence-electron chi connectivity index (χ0n) is 27.5. The largest absolute Gasteiger partial charge is 0.310 e. The van der Waals surface area contributed by atoms with Crippen molar-refractivity contribution in [1.29, 1.82) is 0 Å². The van der Waals surface area contributed by atoms with E-state index in [1.54, 1.807) is 0 Å². The van der Waals surface area contributed by atoms with E-state index in [0.717, 1.165) is 17.1 Å². The average Bonchev–Trinajstić information content (AvgIpc) is 3.49. The molecule has 0 saturated carbocycles. The van der Waals surface area contributed by atoms with Crippen LogP contribution in [-0.4, -0.2) is 0 Å². The third-order valence-electron chi connectivity index (χ3n) is 10.6. The Morgan fingerprint density at radius 1 is 0.340 bits per heavy atom. The predicted octanol–water partition coefficient (Wildman–Crippen LogP) is 13.0. The lowest BCUT2D eigenvalue weighted by Gasteiger charge is -2.35. The topological polar surface area (TPSA) is 3.24 Å². The van der Waals surface area contributed by atoms with Gasteiger partial charge in [-0.1, -0.05) is 152 Å². The van der Waals surface area contributed by atoms with Crippen molar-refractivity contribution in [2.75, 3.05) is 4.90 Å². The summed E-state index contributed by atoms with van der Waals surface area (Å²) in [6.45, 7) is 0. The molecule has 9 aromatic carbocycles. The van der Waals surface area contributed by atoms with Crippen LogP contribution in [0.2, 0.25) is 0 Å². The van der Waals surface area contributed by atoms with Crippen LogP contribution in [0.4, 0.5) is 17.1 Å². The number of hydrogen-bond acceptors (Lipinski definition) is 1. The summed E-state index contributed by atoms with van der Waals surface area (Å²) in [5.74, 6) is 0. The normalized spacial score (nSPS) is 13.0. The van der Waals surface area contributed by atoms with Gasteiger partial charge in [-0.25, -0.2) is 0 Å². The van der Waals surface area contributed by atoms with Crippen LogP contribution in [-0.2, 0) is 5.41 Å². The minimum atomic E-state index is -0.510. The zero-order valence-corrected chi connectivity index (χ0v) is 27.5. The van der Waals surface area contributed by atoms with Gasteiger partial charge in [-0.15, -0.1) is 0 Å². The van der Waals surface area contributed by atoms with E-state index in [9.17, 15) is 0 Å². The summed E-state index contributed by atoms with van der Waals surface area (Å²) in [7, 11) is 0. The molecule has 0 bridgehead atoms. The SMILES string of the molecule is c1ccc(N(c2ccccc2)c2ccc3c4c(c5ccccc5c3c2)C(c2ccccc2)(c2ccccc2)c2cc3ccccc3cc2-4)cc1. The maximum atomic E-state index is 2.46. The molecule has 10 rings (SSSR count). The van der Waals surface area contributed by atoms with Crippen LogP contribution in [0.5, 0.6) is 0 Å². The Labute approximate surface area is 292 Å². The molecule has 1 nitrogen and oxygen atoms in total. The van der Waals surface area contributed by atoms with E-state index in [1.165, 1.54) is 65.7 Å². The predicted molar refractivity (Wildman–Crippen MR) is 211 cm³/mol. The molecule has 0 N–H and O–H groups in total. The van der Waals surface area contributed by atoms with Gasteiger partial charge in [0.2, 0.25) is 0 Å². The molecule has 0 saturated heterocycles. The van der Waals surface area contributed by atoms with Crippen LogP contribution in [0.1, 0.15) is 22.3 Å². The number of para-hydroxylation sites is 2. The van der Waals surface area contributed by atoms with Crippen LogP contribution < -0.4 is 4.90 Å². The van der Waals surface area contributed by atoms with Crippen LogP contribution in [0.15, 0.2) is 200 Å². The van der Waals surface area contributed by atoms with E-state index in [0.29, 0.717) is 0 Å². The van der Waals surface area contributed by atoms with Gasteiger partial charge in [0, 0.05) is 17.1 Å². The molecule has 234 valence electrons. The first-order valence-electron chi connectivity index (χ1n) is 17.4. The molecule has 0 aliphatic heterocycles. The molecule has 0 spiro atoms. The second-order valence-corrected chi connectivity index (χ2v) is 13.3. The van der Waals surface area contributed by atoms with Crippen molar-refractivity contribution < 1.29 is 0 Å². The van der Waals surface area contributed by atoms with Gasteiger partial charge in [0.1, 0.15) is 0 Å². The minimum Gasteiger partial charge on any atom is -0.310 e. The summed E-state index contributed by atoms with van der Waals surface area (Å²) in [4.78, 5) is 2.36. The lowest BCUT2D eigenvalue weighted by Crippen LogP contribution is -2.28. The minimum absolute atomic E-state index is 0.510. The summed E-state index contributed by atoms with van der Waals surface area (Å²) in [5.41, 5.74) is 10.8. The Morgan fingerprint density at radius 3 is 1.44 bits per heavy atom. The maximum absolute atomic E-state index is 2.46. The summed E-state index contributed by atoms with van der Waals surface area (Å²) < 4.78 is 0. The van der Waals surface area contributed by atoms with Crippen molar-refractivity contribution in [3.05, 3.63) is 222 Å². The molecule has 1 heteroatoms. The Kier molecular flexibility index (Phi) is 6.47. The molecule has 0 heterocycles. The molecule has 0 amide bonds. The Balaban J connectivity index is 1.37. The lowest BCUT2D eigenvalue weighted by atomic mass is 9.66. The van der Waals surface area contributed by atoms with Gasteiger partial charge in [0.15, 0.2) is 0 Å². The first-order valence-corrected chi connectivity index (χ1v) is 17.4. The van der Waals surface area contributed by atoms with E-state index in [-0.39, 0.29) is 0 Å². The monoisotopic (exact) mass is 635 g/mol. The number of hydrogen-bond donors (Lipinski definition) is 0. The fourth-order valence-electron chi connectivity index (χ4n) is 8.62. The number of benzene rings is 9. The van der Waals surface area contributed by atoms with Crippen LogP contribution in [0, 0.1) is 0 Å². The second-order valence-electron chi connectivity index (χ2n) is 13.3. The van der Waals surface area contributed by atoms with Crippen molar-refractivity contribution in [1.82, 2.24) is 0 Å². The Morgan fingerprint density at radius 2 is 0.840 bits per heavy atom. The van der Waals surface area contributed by atoms with Gasteiger partial charge in [-0.3, -0.25) is 0 Å². The van der Waals surface area contributed by atoms with Gasteiger partial charge in [0.05, 0.1) is 5.41 Å². The van der Waals surface area contributed by atoms with E-state index in [2.05, 4.69) is 205 Å². The smallest absolute Gasteiger partial charge is 0.0720 e. The van der Waals surface area contributed by atoms with Gasteiger partial charge in [0.25, 0.3) is 0 Å². The standard InChI is InChI=1S/C49H33N/c1-5-19-36(20-6-1)49(37-21-7-2-8-22-37)46-32-35-18-14-13-17-34(35)31-45(46)47-42-30-29-40(33-44(42)41-27-15-16-28-43(41)48(47)49)50(38-23-9-3-10-24-38)39-25-11-4-12-26-39/h1-33H. The third-order valence-corrected chi connectivity index (χ3v) is 10.6. The molecule has 50 heavy (non-hydrogen) atoms. The van der Waals surface area contributed by atoms with E-state index in [1.807, 2.05) is 0 Å². The van der Waals surface area contributed by atoms with Crippen molar-refractivity contribution >= 4 is 49.4 Å². The van der Waals surface area contributed by atoms with Gasteiger partial charge in [-0.05, 0) is 114 Å². The Bertz CT molecular complexity index is 2600. The average molecular weight is 636 g/mol. The first kappa shape index (κ1) is 28.6. The van der Waals surface area contributed by atoms with Crippen LogP contribution >= 0.6 is 0 Å². The molecule has 1 aliphatic carbocycles. The highest BCUT2D eigenvalue weighted by Crippen LogP contribution is 2.61. The highest BCUT2D eigenvalue weighted by atomic mass is 15.1. The van der Waals surface area contributed by atoms with E-state index < -0.39 is 5.41 Å². The highest BCUT2D eigenvalue weighted by Gasteiger charge is 2.48. The number of nitrogens with zero attached hydrogens (tertiary/aromatic N) is 1. The number of fused-ring (bicyclic) bond motifs is 9. The maximum Gasteiger partial charge on any atom is 0.0720 e. The van der Waals surface area contributed by atoms with Crippen molar-refractivity contribution in [3.63, 3.8) is 0 Å². The van der Waals surface area contributed by atoms with Crippen LogP contribution in [0.3, 0.4) is 0 Å².